The molecule has 4 atom stereocenters. The van der Waals surface area contributed by atoms with Crippen molar-refractivity contribution in [1.82, 2.24) is 24.5 Å². The van der Waals surface area contributed by atoms with Crippen LogP contribution in [0.15, 0.2) is 48.9 Å². The van der Waals surface area contributed by atoms with Crippen LogP contribution in [0.25, 0.3) is 16.6 Å². The van der Waals surface area contributed by atoms with Gasteiger partial charge in [0.25, 0.3) is 0 Å². The Bertz CT molecular complexity index is 1610. The molecule has 9 nitrogen and oxygen atoms in total. The summed E-state index contributed by atoms with van der Waals surface area (Å²) in [6.45, 7) is 5.26. The minimum absolute atomic E-state index is 0.00158. The molecule has 2 bridgehead atoms. The maximum atomic E-state index is 15.6. The van der Waals surface area contributed by atoms with Crippen LogP contribution in [0.3, 0.4) is 0 Å². The van der Waals surface area contributed by atoms with Gasteiger partial charge >= 0.3 is 0 Å². The van der Waals surface area contributed by atoms with E-state index in [0.717, 1.165) is 36.2 Å². The molecule has 41 heavy (non-hydrogen) atoms. The van der Waals surface area contributed by atoms with E-state index in [9.17, 15) is 4.79 Å². The van der Waals surface area contributed by atoms with E-state index in [1.54, 1.807) is 18.3 Å². The van der Waals surface area contributed by atoms with Gasteiger partial charge in [0, 0.05) is 71.5 Å². The normalized spacial score (nSPS) is 25.7. The van der Waals surface area contributed by atoms with E-state index in [1.807, 2.05) is 38.2 Å². The lowest BCUT2D eigenvalue weighted by molar-refractivity contribution is -0.117. The first-order valence-electron chi connectivity index (χ1n) is 14.2. The number of anilines is 1. The van der Waals surface area contributed by atoms with Gasteiger partial charge in [0.15, 0.2) is 5.82 Å². The molecule has 4 aromatic rings. The number of carbonyl (C=O) groups is 1. The number of fused-ring (bicyclic) bond motifs is 3. The number of halogens is 1. The highest BCUT2D eigenvalue weighted by atomic mass is 19.1. The van der Waals surface area contributed by atoms with Crippen molar-refractivity contribution in [1.29, 1.82) is 0 Å². The average molecular weight is 557 g/mol. The van der Waals surface area contributed by atoms with Crippen LogP contribution in [0, 0.1) is 25.6 Å². The summed E-state index contributed by atoms with van der Waals surface area (Å²) in [5.41, 5.74) is 4.50. The summed E-state index contributed by atoms with van der Waals surface area (Å²) >= 11 is 0. The topological polar surface area (TPSA) is 93.9 Å². The number of aromatic nitrogens is 4. The lowest BCUT2D eigenvalue weighted by atomic mass is 9.92. The lowest BCUT2D eigenvalue weighted by Crippen LogP contribution is -2.57. The zero-order chi connectivity index (χ0) is 28.2. The number of hydrogen-bond donors (Lipinski definition) is 1. The summed E-state index contributed by atoms with van der Waals surface area (Å²) in [6.07, 6.45) is 7.29. The standard InChI is InChI=1S/C31H33FN6O3/c1-17-4-5-28(34-12-17)24-11-26(24)31(39)35-30-10-19-9-23(27(32)14-38(19)36-30)25-6-18(2)33-13-29(25)41-22-7-20-15-40-16-21(8-22)37(20)3/h4-6,9-10,12-14,20-22,24,26H,7-8,11,15-16H2,1-3H3,(H,35,36,39). The molecule has 6 heterocycles. The molecular formula is C31H33FN6O3. The molecule has 2 aliphatic heterocycles. The highest BCUT2D eigenvalue weighted by molar-refractivity contribution is 5.95. The van der Waals surface area contributed by atoms with E-state index in [2.05, 4.69) is 32.3 Å². The molecule has 1 saturated carbocycles. The van der Waals surface area contributed by atoms with E-state index < -0.39 is 5.82 Å². The second-order valence-electron chi connectivity index (χ2n) is 11.7. The Morgan fingerprint density at radius 3 is 2.61 bits per heavy atom. The van der Waals surface area contributed by atoms with Crippen molar-refractivity contribution >= 4 is 17.2 Å². The van der Waals surface area contributed by atoms with Crippen molar-refractivity contribution in [3.63, 3.8) is 0 Å². The molecule has 1 aliphatic carbocycles. The van der Waals surface area contributed by atoms with Crippen LogP contribution in [-0.4, -0.2) is 68.8 Å². The van der Waals surface area contributed by atoms with Crippen LogP contribution in [0.4, 0.5) is 10.2 Å². The van der Waals surface area contributed by atoms with Gasteiger partial charge in [-0.05, 0) is 51.1 Å². The van der Waals surface area contributed by atoms with E-state index >= 15 is 4.39 Å². The predicted octanol–water partition coefficient (Wildman–Crippen LogP) is 4.53. The Balaban J connectivity index is 1.11. The summed E-state index contributed by atoms with van der Waals surface area (Å²) < 4.78 is 29.3. The molecule has 10 heteroatoms. The van der Waals surface area contributed by atoms with Crippen molar-refractivity contribution in [2.75, 3.05) is 25.6 Å². The third-order valence-electron chi connectivity index (χ3n) is 8.67. The Kier molecular flexibility index (Phi) is 6.47. The molecule has 1 N–H and O–H groups in total. The summed E-state index contributed by atoms with van der Waals surface area (Å²) in [7, 11) is 2.14. The second kappa shape index (κ2) is 10.2. The number of morpholine rings is 1. The minimum atomic E-state index is -0.435. The second-order valence-corrected chi connectivity index (χ2v) is 11.7. The summed E-state index contributed by atoms with van der Waals surface area (Å²) in [4.78, 5) is 24.2. The van der Waals surface area contributed by atoms with Crippen LogP contribution in [-0.2, 0) is 9.53 Å². The summed E-state index contributed by atoms with van der Waals surface area (Å²) in [6, 6.07) is 9.97. The van der Waals surface area contributed by atoms with Crippen LogP contribution >= 0.6 is 0 Å². The number of carbonyl (C=O) groups excluding carboxylic acids is 1. The van der Waals surface area contributed by atoms with Crippen molar-refractivity contribution < 1.29 is 18.7 Å². The van der Waals surface area contributed by atoms with Gasteiger partial charge in [0.2, 0.25) is 5.91 Å². The first-order chi connectivity index (χ1) is 19.8. The molecule has 0 aromatic carbocycles. The molecule has 3 aliphatic rings. The van der Waals surface area contributed by atoms with Gasteiger partial charge in [-0.3, -0.25) is 19.7 Å². The fourth-order valence-electron chi connectivity index (χ4n) is 6.18. The van der Waals surface area contributed by atoms with Crippen molar-refractivity contribution in [2.24, 2.45) is 5.92 Å². The molecule has 7 rings (SSSR count). The molecule has 4 unspecified atom stereocenters. The fourth-order valence-corrected chi connectivity index (χ4v) is 6.18. The monoisotopic (exact) mass is 556 g/mol. The van der Waals surface area contributed by atoms with Crippen LogP contribution < -0.4 is 10.1 Å². The Labute approximate surface area is 237 Å². The number of nitrogens with one attached hydrogen (secondary N) is 1. The average Bonchev–Trinajstić information content (AvgIpc) is 3.64. The zero-order valence-corrected chi connectivity index (χ0v) is 23.4. The van der Waals surface area contributed by atoms with Crippen LogP contribution in [0.1, 0.15) is 42.1 Å². The zero-order valence-electron chi connectivity index (χ0n) is 23.4. The number of ether oxygens (including phenoxy) is 2. The number of rotatable bonds is 6. The molecule has 212 valence electrons. The van der Waals surface area contributed by atoms with Gasteiger partial charge in [-0.2, -0.15) is 0 Å². The third kappa shape index (κ3) is 5.06. The van der Waals surface area contributed by atoms with Gasteiger partial charge in [0.1, 0.15) is 17.7 Å². The number of piperidine rings is 1. The van der Waals surface area contributed by atoms with E-state index in [4.69, 9.17) is 9.47 Å². The van der Waals surface area contributed by atoms with Gasteiger partial charge < -0.3 is 14.8 Å². The van der Waals surface area contributed by atoms with E-state index in [-0.39, 0.29) is 23.8 Å². The molecule has 0 spiro atoms. The molecule has 0 radical (unpaired) electrons. The van der Waals surface area contributed by atoms with Crippen molar-refractivity contribution in [2.45, 2.75) is 57.2 Å². The lowest BCUT2D eigenvalue weighted by Gasteiger charge is -2.46. The van der Waals surface area contributed by atoms with Gasteiger partial charge in [-0.1, -0.05) is 6.07 Å². The number of amides is 1. The highest BCUT2D eigenvalue weighted by Crippen LogP contribution is 2.47. The van der Waals surface area contributed by atoms with Gasteiger partial charge in [0.05, 0.1) is 31.1 Å². The Hall–Kier alpha value is -3.89. The number of pyridine rings is 3. The maximum absolute atomic E-state index is 15.6. The van der Waals surface area contributed by atoms with E-state index in [1.165, 1.54) is 10.7 Å². The molecule has 3 fully saturated rings. The molecular weight excluding hydrogens is 523 g/mol. The van der Waals surface area contributed by atoms with Crippen LogP contribution in [0.2, 0.25) is 0 Å². The van der Waals surface area contributed by atoms with Gasteiger partial charge in [-0.15, -0.1) is 5.10 Å². The third-order valence-corrected chi connectivity index (χ3v) is 8.67. The quantitative estimate of drug-likeness (QED) is 0.373. The number of nitrogens with zero attached hydrogens (tertiary/aromatic N) is 5. The highest BCUT2D eigenvalue weighted by Gasteiger charge is 2.45. The minimum Gasteiger partial charge on any atom is -0.488 e. The first-order valence-corrected chi connectivity index (χ1v) is 14.2. The summed E-state index contributed by atoms with van der Waals surface area (Å²) in [5, 5.41) is 7.32. The SMILES string of the molecule is Cc1ccc(C2CC2C(=O)Nc2cc3cc(-c4cc(C)ncc4OC4CC5COCC(C4)N5C)c(F)cn3n2)nc1. The van der Waals surface area contributed by atoms with Crippen LogP contribution in [0.5, 0.6) is 5.75 Å². The Morgan fingerprint density at radius 2 is 1.85 bits per heavy atom. The van der Waals surface area contributed by atoms with E-state index in [0.29, 0.717) is 53.5 Å². The number of aryl methyl sites for hydroxylation is 2. The number of likely N-dealkylation sites (N-methyl/N-ethyl adjacent to an activating group) is 1. The summed E-state index contributed by atoms with van der Waals surface area (Å²) in [5.74, 6) is 0.376. The smallest absolute Gasteiger partial charge is 0.229 e. The number of hydrogen-bond acceptors (Lipinski definition) is 7. The Morgan fingerprint density at radius 1 is 1.05 bits per heavy atom. The first kappa shape index (κ1) is 26.0. The van der Waals surface area contributed by atoms with Gasteiger partial charge in [-0.25, -0.2) is 8.91 Å². The maximum Gasteiger partial charge on any atom is 0.229 e. The van der Waals surface area contributed by atoms with Crippen molar-refractivity contribution in [3.05, 3.63) is 71.7 Å². The fraction of sp³-hybridized carbons (Fsp3) is 0.419. The molecule has 2 saturated heterocycles. The van der Waals surface area contributed by atoms with Crippen molar-refractivity contribution in [3.8, 4) is 16.9 Å². The molecule has 1 amide bonds. The molecule has 4 aromatic heterocycles. The predicted molar refractivity (Wildman–Crippen MR) is 151 cm³/mol. The largest absolute Gasteiger partial charge is 0.488 e.